The molecule has 106 valence electrons. The SMILES string of the molecule is CCOC(C)(CC)C(=O)c1cccc(C(F)(F)F)c1. The molecule has 0 aromatic heterocycles. The van der Waals surface area contributed by atoms with Crippen LogP contribution >= 0.6 is 0 Å². The zero-order valence-corrected chi connectivity index (χ0v) is 11.2. The third-order valence-electron chi connectivity index (χ3n) is 3.07. The first-order chi connectivity index (χ1) is 8.74. The first-order valence-electron chi connectivity index (χ1n) is 6.10. The average molecular weight is 274 g/mol. The highest BCUT2D eigenvalue weighted by molar-refractivity contribution is 6.02. The second-order valence-corrected chi connectivity index (χ2v) is 4.43. The van der Waals surface area contributed by atoms with Crippen LogP contribution in [0.15, 0.2) is 24.3 Å². The Kier molecular flexibility index (Phi) is 4.74. The third-order valence-corrected chi connectivity index (χ3v) is 3.07. The Morgan fingerprint density at radius 2 is 1.89 bits per heavy atom. The summed E-state index contributed by atoms with van der Waals surface area (Å²) in [5.41, 5.74) is -1.89. The average Bonchev–Trinajstić information content (AvgIpc) is 2.37. The summed E-state index contributed by atoms with van der Waals surface area (Å²) in [5.74, 6) is -0.428. The van der Waals surface area contributed by atoms with Crippen LogP contribution in [0.25, 0.3) is 0 Å². The molecular weight excluding hydrogens is 257 g/mol. The number of benzene rings is 1. The summed E-state index contributed by atoms with van der Waals surface area (Å²) in [5, 5.41) is 0. The lowest BCUT2D eigenvalue weighted by Gasteiger charge is -2.26. The minimum absolute atomic E-state index is 0.0209. The first-order valence-corrected chi connectivity index (χ1v) is 6.10. The summed E-state index contributed by atoms with van der Waals surface area (Å²) in [6, 6.07) is 4.43. The molecular formula is C14H17F3O2. The van der Waals surface area contributed by atoms with Crippen LogP contribution in [-0.4, -0.2) is 18.0 Å². The number of ether oxygens (including phenoxy) is 1. The van der Waals surface area contributed by atoms with Gasteiger partial charge in [0.15, 0.2) is 5.78 Å². The fourth-order valence-electron chi connectivity index (χ4n) is 1.79. The summed E-state index contributed by atoms with van der Waals surface area (Å²) in [6.07, 6.45) is -4.06. The molecule has 19 heavy (non-hydrogen) atoms. The number of hydrogen-bond donors (Lipinski definition) is 0. The Morgan fingerprint density at radius 3 is 2.37 bits per heavy atom. The van der Waals surface area contributed by atoms with Crippen molar-refractivity contribution >= 4 is 5.78 Å². The quantitative estimate of drug-likeness (QED) is 0.756. The van der Waals surface area contributed by atoms with Crippen LogP contribution in [0.1, 0.15) is 43.1 Å². The van der Waals surface area contributed by atoms with Crippen molar-refractivity contribution in [3.8, 4) is 0 Å². The molecule has 1 atom stereocenters. The molecule has 0 aliphatic carbocycles. The zero-order chi connectivity index (χ0) is 14.7. The van der Waals surface area contributed by atoms with Crippen molar-refractivity contribution in [3.05, 3.63) is 35.4 Å². The van der Waals surface area contributed by atoms with E-state index in [-0.39, 0.29) is 5.56 Å². The van der Waals surface area contributed by atoms with Gasteiger partial charge in [-0.3, -0.25) is 4.79 Å². The number of hydrogen-bond acceptors (Lipinski definition) is 2. The van der Waals surface area contributed by atoms with E-state index in [2.05, 4.69) is 0 Å². The molecule has 0 radical (unpaired) electrons. The minimum Gasteiger partial charge on any atom is -0.367 e. The second kappa shape index (κ2) is 5.74. The van der Waals surface area contributed by atoms with E-state index in [9.17, 15) is 18.0 Å². The van der Waals surface area contributed by atoms with Crippen LogP contribution in [0.2, 0.25) is 0 Å². The van der Waals surface area contributed by atoms with Gasteiger partial charge in [0, 0.05) is 12.2 Å². The summed E-state index contributed by atoms with van der Waals surface area (Å²) in [4.78, 5) is 12.3. The van der Waals surface area contributed by atoms with E-state index in [1.54, 1.807) is 20.8 Å². The largest absolute Gasteiger partial charge is 0.416 e. The maximum atomic E-state index is 12.6. The van der Waals surface area contributed by atoms with Crippen LogP contribution in [0, 0.1) is 0 Å². The van der Waals surface area contributed by atoms with E-state index >= 15 is 0 Å². The molecule has 5 heteroatoms. The highest BCUT2D eigenvalue weighted by Crippen LogP contribution is 2.31. The highest BCUT2D eigenvalue weighted by Gasteiger charge is 2.35. The van der Waals surface area contributed by atoms with E-state index in [1.807, 2.05) is 0 Å². The lowest BCUT2D eigenvalue weighted by molar-refractivity contribution is -0.137. The first kappa shape index (κ1) is 15.7. The number of Topliss-reactive ketones (excluding diaryl/α,β-unsaturated/α-hetero) is 1. The van der Waals surface area contributed by atoms with Crippen LogP contribution in [-0.2, 0) is 10.9 Å². The van der Waals surface area contributed by atoms with Gasteiger partial charge in [0.25, 0.3) is 0 Å². The Hall–Kier alpha value is -1.36. The summed E-state index contributed by atoms with van der Waals surface area (Å²) in [7, 11) is 0. The Labute approximate surface area is 110 Å². The Balaban J connectivity index is 3.13. The molecule has 0 N–H and O–H groups in total. The van der Waals surface area contributed by atoms with Crippen molar-refractivity contribution in [2.24, 2.45) is 0 Å². The van der Waals surface area contributed by atoms with Crippen molar-refractivity contribution in [2.45, 2.75) is 39.0 Å². The molecule has 0 aliphatic heterocycles. The number of halogens is 3. The molecule has 0 fully saturated rings. The molecule has 1 rings (SSSR count). The lowest BCUT2D eigenvalue weighted by Crippen LogP contribution is -2.38. The van der Waals surface area contributed by atoms with Gasteiger partial charge in [-0.1, -0.05) is 19.1 Å². The summed E-state index contributed by atoms with van der Waals surface area (Å²) in [6.45, 7) is 5.43. The van der Waals surface area contributed by atoms with Gasteiger partial charge in [-0.25, -0.2) is 0 Å². The molecule has 0 saturated heterocycles. The fraction of sp³-hybridized carbons (Fsp3) is 0.500. The van der Waals surface area contributed by atoms with Gasteiger partial charge in [0.2, 0.25) is 0 Å². The van der Waals surface area contributed by atoms with E-state index in [4.69, 9.17) is 4.74 Å². The van der Waals surface area contributed by atoms with Gasteiger partial charge in [0.05, 0.1) is 5.56 Å². The Morgan fingerprint density at radius 1 is 1.26 bits per heavy atom. The van der Waals surface area contributed by atoms with Gasteiger partial charge >= 0.3 is 6.18 Å². The van der Waals surface area contributed by atoms with E-state index in [1.165, 1.54) is 12.1 Å². The molecule has 0 bridgehead atoms. The van der Waals surface area contributed by atoms with Crippen molar-refractivity contribution in [3.63, 3.8) is 0 Å². The molecule has 1 unspecified atom stereocenters. The number of carbonyl (C=O) groups is 1. The smallest absolute Gasteiger partial charge is 0.367 e. The molecule has 2 nitrogen and oxygen atoms in total. The van der Waals surface area contributed by atoms with E-state index in [0.29, 0.717) is 13.0 Å². The maximum Gasteiger partial charge on any atom is 0.416 e. The Bertz CT molecular complexity index is 454. The predicted molar refractivity (Wildman–Crippen MR) is 66.1 cm³/mol. The van der Waals surface area contributed by atoms with Gasteiger partial charge in [-0.2, -0.15) is 13.2 Å². The zero-order valence-electron chi connectivity index (χ0n) is 11.2. The van der Waals surface area contributed by atoms with Gasteiger partial charge in [-0.05, 0) is 32.4 Å². The standard InChI is InChI=1S/C14H17F3O2/c1-4-13(3,19-5-2)12(18)10-7-6-8-11(9-10)14(15,16)17/h6-9H,4-5H2,1-3H3. The van der Waals surface area contributed by atoms with Crippen molar-refractivity contribution in [1.29, 1.82) is 0 Å². The number of rotatable bonds is 5. The lowest BCUT2D eigenvalue weighted by atomic mass is 9.91. The molecule has 0 amide bonds. The monoisotopic (exact) mass is 274 g/mol. The van der Waals surface area contributed by atoms with Gasteiger partial charge < -0.3 is 4.74 Å². The molecule has 1 aromatic carbocycles. The van der Waals surface area contributed by atoms with Crippen LogP contribution in [0.5, 0.6) is 0 Å². The number of ketones is 1. The van der Waals surface area contributed by atoms with E-state index < -0.39 is 23.1 Å². The van der Waals surface area contributed by atoms with Crippen molar-refractivity contribution in [2.75, 3.05) is 6.61 Å². The van der Waals surface area contributed by atoms with Crippen LogP contribution in [0.4, 0.5) is 13.2 Å². The second-order valence-electron chi connectivity index (χ2n) is 4.43. The maximum absolute atomic E-state index is 12.6. The van der Waals surface area contributed by atoms with Crippen LogP contribution < -0.4 is 0 Å². The number of alkyl halides is 3. The summed E-state index contributed by atoms with van der Waals surface area (Å²) < 4.78 is 43.2. The molecule has 0 heterocycles. The summed E-state index contributed by atoms with van der Waals surface area (Å²) >= 11 is 0. The van der Waals surface area contributed by atoms with Gasteiger partial charge in [0.1, 0.15) is 5.60 Å². The molecule has 0 aliphatic rings. The minimum atomic E-state index is -4.45. The van der Waals surface area contributed by atoms with Gasteiger partial charge in [-0.15, -0.1) is 0 Å². The number of carbonyl (C=O) groups excluding carboxylic acids is 1. The predicted octanol–water partition coefficient (Wildman–Crippen LogP) is 4.09. The topological polar surface area (TPSA) is 26.3 Å². The van der Waals surface area contributed by atoms with Crippen LogP contribution in [0.3, 0.4) is 0 Å². The normalized spacial score (nSPS) is 15.1. The highest BCUT2D eigenvalue weighted by atomic mass is 19.4. The molecule has 0 saturated carbocycles. The fourth-order valence-corrected chi connectivity index (χ4v) is 1.79. The van der Waals surface area contributed by atoms with E-state index in [0.717, 1.165) is 12.1 Å². The van der Waals surface area contributed by atoms with Crippen molar-refractivity contribution < 1.29 is 22.7 Å². The molecule has 0 spiro atoms. The molecule has 1 aromatic rings. The third kappa shape index (κ3) is 3.56. The van der Waals surface area contributed by atoms with Crippen molar-refractivity contribution in [1.82, 2.24) is 0 Å².